The molecule has 0 N–H and O–H groups in total. The molecule has 0 saturated carbocycles. The summed E-state index contributed by atoms with van der Waals surface area (Å²) in [7, 11) is 0. The average molecular weight is 481 g/mol. The van der Waals surface area contributed by atoms with E-state index in [2.05, 4.69) is 30.4 Å². The van der Waals surface area contributed by atoms with Crippen LogP contribution in [0.5, 0.6) is 6.01 Å². The van der Waals surface area contributed by atoms with Gasteiger partial charge in [-0.25, -0.2) is 13.8 Å². The number of hydrogen-bond acceptors (Lipinski definition) is 4. The summed E-state index contributed by atoms with van der Waals surface area (Å²) in [6, 6.07) is 8.65. The molecule has 1 unspecified atom stereocenters. The fraction of sp³-hybridized carbons (Fsp3) is 0.379. The third-order valence-electron chi connectivity index (χ3n) is 5.74. The lowest BCUT2D eigenvalue weighted by molar-refractivity contribution is 0.0566. The Labute approximate surface area is 206 Å². The van der Waals surface area contributed by atoms with E-state index in [0.717, 1.165) is 32.3 Å². The molecule has 0 aliphatic rings. The fourth-order valence-electron chi connectivity index (χ4n) is 3.76. The lowest BCUT2D eigenvalue weighted by atomic mass is 10.0. The summed E-state index contributed by atoms with van der Waals surface area (Å²) in [5.74, 6) is -1.72. The predicted octanol–water partition coefficient (Wildman–Crippen LogP) is 7.92. The maximum atomic E-state index is 14.9. The van der Waals surface area contributed by atoms with E-state index in [4.69, 9.17) is 9.47 Å². The van der Waals surface area contributed by atoms with E-state index in [0.29, 0.717) is 23.1 Å². The second-order valence-corrected chi connectivity index (χ2v) is 8.58. The first-order chi connectivity index (χ1) is 17.0. The smallest absolute Gasteiger partial charge is 0.317 e. The summed E-state index contributed by atoms with van der Waals surface area (Å²) in [5, 5.41) is 0.709. The standard InChI is InChI=1S/C29H34F2N2O2/c1-4-6-10-18-34-21(3)11-8-7-9-12-22-13-15-25(28(31)27(22)30)23-14-16-26-24(19-23)20-32-29(33-26)35-17-5-2/h5,9,12-16,19-21H,2,4,6-8,10-11,17-18H2,1,3H3. The number of rotatable bonds is 14. The van der Waals surface area contributed by atoms with Crippen molar-refractivity contribution < 1.29 is 18.3 Å². The monoisotopic (exact) mass is 480 g/mol. The van der Waals surface area contributed by atoms with Gasteiger partial charge in [0.25, 0.3) is 0 Å². The Hall–Kier alpha value is -3.12. The SMILES string of the molecule is C=CCOc1ncc2cc(-c3ccc(C=CCCCC(C)OCCCCC)c(F)c3F)ccc2n1. The van der Waals surface area contributed by atoms with Crippen molar-refractivity contribution in [2.75, 3.05) is 13.2 Å². The molecule has 6 heteroatoms. The van der Waals surface area contributed by atoms with Crippen molar-refractivity contribution in [3.05, 3.63) is 72.5 Å². The van der Waals surface area contributed by atoms with Gasteiger partial charge in [0, 0.05) is 29.3 Å². The number of ether oxygens (including phenoxy) is 2. The molecule has 0 amide bonds. The molecule has 0 spiro atoms. The molecule has 186 valence electrons. The molecule has 2 aromatic carbocycles. The van der Waals surface area contributed by atoms with Crippen molar-refractivity contribution in [1.29, 1.82) is 0 Å². The van der Waals surface area contributed by atoms with Crippen LogP contribution in [0.4, 0.5) is 8.78 Å². The molecule has 0 saturated heterocycles. The second kappa shape index (κ2) is 13.7. The molecule has 4 nitrogen and oxygen atoms in total. The van der Waals surface area contributed by atoms with Gasteiger partial charge in [-0.2, -0.15) is 4.98 Å². The van der Waals surface area contributed by atoms with E-state index in [1.165, 1.54) is 12.8 Å². The molecule has 1 aromatic heterocycles. The zero-order valence-corrected chi connectivity index (χ0v) is 20.6. The molecule has 35 heavy (non-hydrogen) atoms. The van der Waals surface area contributed by atoms with Crippen molar-refractivity contribution in [1.82, 2.24) is 9.97 Å². The van der Waals surface area contributed by atoms with E-state index in [1.54, 1.807) is 48.7 Å². The van der Waals surface area contributed by atoms with Crippen molar-refractivity contribution in [2.45, 2.75) is 58.5 Å². The van der Waals surface area contributed by atoms with Crippen molar-refractivity contribution in [3.8, 4) is 17.1 Å². The van der Waals surface area contributed by atoms with Crippen LogP contribution in [0.25, 0.3) is 28.1 Å². The third kappa shape index (κ3) is 7.69. The minimum absolute atomic E-state index is 0.197. The van der Waals surface area contributed by atoms with Crippen LogP contribution in [0.15, 0.2) is 55.3 Å². The largest absolute Gasteiger partial charge is 0.459 e. The lowest BCUT2D eigenvalue weighted by Gasteiger charge is -2.12. The van der Waals surface area contributed by atoms with Crippen LogP contribution in [-0.4, -0.2) is 29.3 Å². The summed E-state index contributed by atoms with van der Waals surface area (Å²) in [6.45, 7) is 8.96. The van der Waals surface area contributed by atoms with Gasteiger partial charge < -0.3 is 9.47 Å². The summed E-state index contributed by atoms with van der Waals surface area (Å²) >= 11 is 0. The Morgan fingerprint density at radius 1 is 1.09 bits per heavy atom. The van der Waals surface area contributed by atoms with Gasteiger partial charge in [-0.1, -0.05) is 62.8 Å². The third-order valence-corrected chi connectivity index (χ3v) is 5.74. The van der Waals surface area contributed by atoms with E-state index in [9.17, 15) is 8.78 Å². The van der Waals surface area contributed by atoms with E-state index >= 15 is 0 Å². The number of allylic oxidation sites excluding steroid dienone is 1. The second-order valence-electron chi connectivity index (χ2n) is 8.58. The molecule has 0 bridgehead atoms. The summed E-state index contributed by atoms with van der Waals surface area (Å²) in [6.07, 6.45) is 13.1. The van der Waals surface area contributed by atoms with Gasteiger partial charge in [0.2, 0.25) is 0 Å². The Balaban J connectivity index is 1.61. The minimum atomic E-state index is -0.868. The molecule has 3 aromatic rings. The number of benzene rings is 2. The summed E-state index contributed by atoms with van der Waals surface area (Å²) < 4.78 is 40.8. The Morgan fingerprint density at radius 3 is 2.74 bits per heavy atom. The first-order valence-electron chi connectivity index (χ1n) is 12.3. The quantitative estimate of drug-likeness (QED) is 0.174. The molecule has 1 heterocycles. The Bertz CT molecular complexity index is 1150. The number of unbranched alkanes of at least 4 members (excludes halogenated alkanes) is 3. The highest BCUT2D eigenvalue weighted by Gasteiger charge is 2.14. The van der Waals surface area contributed by atoms with Crippen LogP contribution in [-0.2, 0) is 4.74 Å². The first kappa shape index (κ1) is 26.5. The number of nitrogens with zero attached hydrogens (tertiary/aromatic N) is 2. The van der Waals surface area contributed by atoms with Crippen molar-refractivity contribution in [3.63, 3.8) is 0 Å². The number of fused-ring (bicyclic) bond motifs is 1. The molecular formula is C29H34F2N2O2. The molecule has 0 radical (unpaired) electrons. The van der Waals surface area contributed by atoms with Gasteiger partial charge in [0.1, 0.15) is 6.61 Å². The van der Waals surface area contributed by atoms with Crippen LogP contribution >= 0.6 is 0 Å². The highest BCUT2D eigenvalue weighted by molar-refractivity contribution is 5.84. The molecule has 0 aliphatic heterocycles. The van der Waals surface area contributed by atoms with Crippen LogP contribution in [0.1, 0.15) is 57.9 Å². The van der Waals surface area contributed by atoms with Gasteiger partial charge in [-0.15, -0.1) is 0 Å². The number of aromatic nitrogens is 2. The summed E-state index contributed by atoms with van der Waals surface area (Å²) in [5.41, 5.74) is 1.65. The fourth-order valence-corrected chi connectivity index (χ4v) is 3.76. The van der Waals surface area contributed by atoms with Crippen LogP contribution in [0, 0.1) is 11.6 Å². The Kier molecular flexibility index (Phi) is 10.4. The van der Waals surface area contributed by atoms with Gasteiger partial charge in [0.05, 0.1) is 11.6 Å². The maximum Gasteiger partial charge on any atom is 0.317 e. The number of halogens is 2. The van der Waals surface area contributed by atoms with Crippen LogP contribution in [0.2, 0.25) is 0 Å². The van der Waals surface area contributed by atoms with Crippen molar-refractivity contribution >= 4 is 17.0 Å². The minimum Gasteiger partial charge on any atom is -0.459 e. The van der Waals surface area contributed by atoms with Gasteiger partial charge in [-0.05, 0) is 50.3 Å². The predicted molar refractivity (Wildman–Crippen MR) is 138 cm³/mol. The molecule has 3 rings (SSSR count). The topological polar surface area (TPSA) is 44.2 Å². The maximum absolute atomic E-state index is 14.9. The van der Waals surface area contributed by atoms with Gasteiger partial charge in [0.15, 0.2) is 11.6 Å². The van der Waals surface area contributed by atoms with Crippen LogP contribution < -0.4 is 4.74 Å². The zero-order valence-electron chi connectivity index (χ0n) is 20.6. The lowest BCUT2D eigenvalue weighted by Crippen LogP contribution is -2.08. The zero-order chi connectivity index (χ0) is 25.0. The van der Waals surface area contributed by atoms with E-state index < -0.39 is 11.6 Å². The summed E-state index contributed by atoms with van der Waals surface area (Å²) in [4.78, 5) is 8.47. The van der Waals surface area contributed by atoms with Crippen molar-refractivity contribution in [2.24, 2.45) is 0 Å². The van der Waals surface area contributed by atoms with Gasteiger partial charge >= 0.3 is 6.01 Å². The van der Waals surface area contributed by atoms with Gasteiger partial charge in [-0.3, -0.25) is 0 Å². The first-order valence-corrected chi connectivity index (χ1v) is 12.3. The Morgan fingerprint density at radius 2 is 1.94 bits per heavy atom. The molecular weight excluding hydrogens is 446 g/mol. The van der Waals surface area contributed by atoms with E-state index in [-0.39, 0.29) is 23.2 Å². The molecule has 0 fully saturated rings. The van der Waals surface area contributed by atoms with Crippen LogP contribution in [0.3, 0.4) is 0 Å². The average Bonchev–Trinajstić information content (AvgIpc) is 2.87. The highest BCUT2D eigenvalue weighted by atomic mass is 19.2. The van der Waals surface area contributed by atoms with E-state index in [1.807, 2.05) is 6.08 Å². The molecule has 0 aliphatic carbocycles. The number of hydrogen-bond donors (Lipinski definition) is 0. The molecule has 1 atom stereocenters. The highest BCUT2D eigenvalue weighted by Crippen LogP contribution is 2.29. The normalized spacial score (nSPS) is 12.3.